The van der Waals surface area contributed by atoms with Crippen molar-refractivity contribution in [3.63, 3.8) is 0 Å². The van der Waals surface area contributed by atoms with Gasteiger partial charge in [-0.2, -0.15) is 0 Å². The molecule has 0 amide bonds. The topological polar surface area (TPSA) is 82.8 Å². The summed E-state index contributed by atoms with van der Waals surface area (Å²) in [6.45, 7) is 1.95. The minimum Gasteiger partial charge on any atom is -0.383 e. The zero-order chi connectivity index (χ0) is 21.5. The predicted molar refractivity (Wildman–Crippen MR) is 118 cm³/mol. The van der Waals surface area contributed by atoms with E-state index in [1.165, 1.54) is 12.4 Å². The number of benzene rings is 2. The highest BCUT2D eigenvalue weighted by molar-refractivity contribution is 6.30. The molecule has 0 bridgehead atoms. The van der Waals surface area contributed by atoms with Crippen LogP contribution in [0.15, 0.2) is 71.6 Å². The fourth-order valence-electron chi connectivity index (χ4n) is 3.67. The predicted octanol–water partition coefficient (Wildman–Crippen LogP) is 5.74. The molecule has 3 aromatic heterocycles. The zero-order valence-electron chi connectivity index (χ0n) is 16.5. The normalized spacial score (nSPS) is 12.4. The van der Waals surface area contributed by atoms with Gasteiger partial charge in [-0.25, -0.2) is 14.4 Å². The molecule has 2 N–H and O–H groups in total. The van der Waals surface area contributed by atoms with Gasteiger partial charge in [0.2, 0.25) is 0 Å². The number of nitrogen functional groups attached to an aromatic ring is 1. The molecule has 8 heteroatoms. The SMILES string of the molecule is C[C@@H](c1cc(-c2ccccc2F)no1)n1cc(-c2ccc(Cl)cc2)c2c(N)ncnc21. The van der Waals surface area contributed by atoms with Crippen LogP contribution in [0, 0.1) is 5.82 Å². The van der Waals surface area contributed by atoms with Crippen LogP contribution in [0.25, 0.3) is 33.4 Å². The summed E-state index contributed by atoms with van der Waals surface area (Å²) in [4.78, 5) is 8.61. The van der Waals surface area contributed by atoms with Crippen LogP contribution in [0.1, 0.15) is 18.7 Å². The van der Waals surface area contributed by atoms with Crippen LogP contribution in [0.4, 0.5) is 10.2 Å². The molecule has 31 heavy (non-hydrogen) atoms. The smallest absolute Gasteiger partial charge is 0.159 e. The number of rotatable bonds is 4. The highest BCUT2D eigenvalue weighted by Crippen LogP contribution is 2.36. The molecule has 0 unspecified atom stereocenters. The maximum Gasteiger partial charge on any atom is 0.159 e. The van der Waals surface area contributed by atoms with Crippen LogP contribution >= 0.6 is 11.6 Å². The summed E-state index contributed by atoms with van der Waals surface area (Å²) < 4.78 is 21.7. The van der Waals surface area contributed by atoms with E-state index in [1.807, 2.05) is 42.0 Å². The lowest BCUT2D eigenvalue weighted by Gasteiger charge is -2.11. The minimum atomic E-state index is -0.355. The molecular weight excluding hydrogens is 417 g/mol. The first-order chi connectivity index (χ1) is 15.0. The molecule has 154 valence electrons. The number of halogens is 2. The Morgan fingerprint density at radius 1 is 1.06 bits per heavy atom. The fraction of sp³-hybridized carbons (Fsp3) is 0.0870. The molecule has 0 aliphatic heterocycles. The van der Waals surface area contributed by atoms with Gasteiger partial charge < -0.3 is 14.8 Å². The summed E-state index contributed by atoms with van der Waals surface area (Å²) >= 11 is 6.05. The number of hydrogen-bond donors (Lipinski definition) is 1. The first kappa shape index (κ1) is 19.3. The Bertz CT molecular complexity index is 1390. The van der Waals surface area contributed by atoms with Gasteiger partial charge in [-0.15, -0.1) is 0 Å². The standard InChI is InChI=1S/C23H17ClFN5O/c1-13(20-10-19(29-31-20)16-4-2-3-5-18(16)25)30-11-17(14-6-8-15(24)9-7-14)21-22(26)27-12-28-23(21)30/h2-13H,1H3,(H2,26,27,28)/t13-/m0/s1. The molecular formula is C23H17ClFN5O. The Kier molecular flexibility index (Phi) is 4.67. The molecule has 0 aliphatic rings. The molecule has 1 atom stereocenters. The van der Waals surface area contributed by atoms with Gasteiger partial charge in [0, 0.05) is 28.4 Å². The second kappa shape index (κ2) is 7.52. The van der Waals surface area contributed by atoms with Crippen molar-refractivity contribution in [3.8, 4) is 22.4 Å². The van der Waals surface area contributed by atoms with E-state index in [2.05, 4.69) is 15.1 Å². The van der Waals surface area contributed by atoms with Crippen molar-refractivity contribution < 1.29 is 8.91 Å². The van der Waals surface area contributed by atoms with Crippen molar-refractivity contribution in [1.82, 2.24) is 19.7 Å². The highest BCUT2D eigenvalue weighted by Gasteiger charge is 2.22. The van der Waals surface area contributed by atoms with E-state index in [1.54, 1.807) is 24.3 Å². The minimum absolute atomic E-state index is 0.272. The van der Waals surface area contributed by atoms with E-state index in [9.17, 15) is 4.39 Å². The third kappa shape index (κ3) is 3.33. The monoisotopic (exact) mass is 433 g/mol. The molecule has 5 aromatic rings. The first-order valence-corrected chi connectivity index (χ1v) is 9.99. The van der Waals surface area contributed by atoms with E-state index in [4.69, 9.17) is 21.9 Å². The van der Waals surface area contributed by atoms with Crippen LogP contribution in [0.2, 0.25) is 5.02 Å². The molecule has 0 saturated heterocycles. The van der Waals surface area contributed by atoms with Crippen LogP contribution in [0.5, 0.6) is 0 Å². The quantitative estimate of drug-likeness (QED) is 0.391. The summed E-state index contributed by atoms with van der Waals surface area (Å²) in [6, 6.07) is 15.4. The van der Waals surface area contributed by atoms with Crippen molar-refractivity contribution in [1.29, 1.82) is 0 Å². The van der Waals surface area contributed by atoms with Gasteiger partial charge >= 0.3 is 0 Å². The third-order valence-electron chi connectivity index (χ3n) is 5.30. The van der Waals surface area contributed by atoms with E-state index < -0.39 is 0 Å². The van der Waals surface area contributed by atoms with Crippen molar-refractivity contribution in [2.24, 2.45) is 0 Å². The largest absolute Gasteiger partial charge is 0.383 e. The molecule has 5 rings (SSSR count). The van der Waals surface area contributed by atoms with Crippen LogP contribution in [-0.2, 0) is 0 Å². The molecule has 0 radical (unpaired) electrons. The average molecular weight is 434 g/mol. The van der Waals surface area contributed by atoms with Gasteiger partial charge in [0.25, 0.3) is 0 Å². The number of aromatic nitrogens is 4. The number of hydrogen-bond acceptors (Lipinski definition) is 5. The Balaban J connectivity index is 1.62. The lowest BCUT2D eigenvalue weighted by atomic mass is 10.1. The summed E-state index contributed by atoms with van der Waals surface area (Å²) in [7, 11) is 0. The van der Waals surface area contributed by atoms with Crippen molar-refractivity contribution >= 4 is 28.5 Å². The highest BCUT2D eigenvalue weighted by atomic mass is 35.5. The Labute approximate surface area is 182 Å². The fourth-order valence-corrected chi connectivity index (χ4v) is 3.80. The molecule has 6 nitrogen and oxygen atoms in total. The van der Waals surface area contributed by atoms with Crippen LogP contribution in [-0.4, -0.2) is 19.7 Å². The van der Waals surface area contributed by atoms with Gasteiger partial charge in [-0.1, -0.05) is 41.0 Å². The summed E-state index contributed by atoms with van der Waals surface area (Å²) in [5.74, 6) is 0.590. The first-order valence-electron chi connectivity index (χ1n) is 9.61. The number of nitrogens with two attached hydrogens (primary N) is 1. The number of fused-ring (bicyclic) bond motifs is 1. The zero-order valence-corrected chi connectivity index (χ0v) is 17.2. The van der Waals surface area contributed by atoms with Gasteiger partial charge in [-0.3, -0.25) is 0 Å². The number of nitrogens with zero attached hydrogens (tertiary/aromatic N) is 4. The lowest BCUT2D eigenvalue weighted by Crippen LogP contribution is -2.05. The molecule has 0 saturated carbocycles. The second-order valence-electron chi connectivity index (χ2n) is 7.18. The Morgan fingerprint density at radius 2 is 1.84 bits per heavy atom. The summed E-state index contributed by atoms with van der Waals surface area (Å²) in [5, 5.41) is 5.45. The molecule has 0 aliphatic carbocycles. The van der Waals surface area contributed by atoms with Crippen LogP contribution in [0.3, 0.4) is 0 Å². The van der Waals surface area contributed by atoms with Gasteiger partial charge in [-0.05, 0) is 36.8 Å². The maximum absolute atomic E-state index is 14.2. The van der Waals surface area contributed by atoms with Gasteiger partial charge in [0.15, 0.2) is 5.76 Å². The van der Waals surface area contributed by atoms with Gasteiger partial charge in [0.05, 0.1) is 11.4 Å². The molecule has 0 spiro atoms. The van der Waals surface area contributed by atoms with E-state index in [-0.39, 0.29) is 11.9 Å². The Morgan fingerprint density at radius 3 is 2.61 bits per heavy atom. The van der Waals surface area contributed by atoms with Gasteiger partial charge in [0.1, 0.15) is 29.3 Å². The maximum atomic E-state index is 14.2. The third-order valence-corrected chi connectivity index (χ3v) is 5.55. The Hall–Kier alpha value is -3.71. The van der Waals surface area contributed by atoms with E-state index in [0.29, 0.717) is 33.5 Å². The van der Waals surface area contributed by atoms with Crippen molar-refractivity contribution in [2.45, 2.75) is 13.0 Å². The van der Waals surface area contributed by atoms with Crippen molar-refractivity contribution in [3.05, 3.63) is 83.7 Å². The second-order valence-corrected chi connectivity index (χ2v) is 7.62. The molecule has 2 aromatic carbocycles. The van der Waals surface area contributed by atoms with E-state index in [0.717, 1.165) is 16.5 Å². The number of anilines is 1. The van der Waals surface area contributed by atoms with Crippen LogP contribution < -0.4 is 5.73 Å². The average Bonchev–Trinajstić information content (AvgIpc) is 3.40. The van der Waals surface area contributed by atoms with E-state index >= 15 is 0 Å². The van der Waals surface area contributed by atoms with Crippen molar-refractivity contribution in [2.75, 3.05) is 5.73 Å². The molecule has 0 fully saturated rings. The molecule has 3 heterocycles. The lowest BCUT2D eigenvalue weighted by molar-refractivity contribution is 0.356. The summed E-state index contributed by atoms with van der Waals surface area (Å²) in [6.07, 6.45) is 3.38. The summed E-state index contributed by atoms with van der Waals surface area (Å²) in [5.41, 5.74) is 9.50.